The number of benzene rings is 9. The molecule has 0 N–H and O–H groups in total. The van der Waals surface area contributed by atoms with Crippen LogP contribution in [-0.2, 0) is 5.41 Å². The van der Waals surface area contributed by atoms with E-state index in [9.17, 15) is 0 Å². The van der Waals surface area contributed by atoms with E-state index in [1.165, 1.54) is 89.4 Å². The average Bonchev–Trinajstić information content (AvgIpc) is 3.60. The van der Waals surface area contributed by atoms with E-state index in [-0.39, 0.29) is 6.85 Å². The van der Waals surface area contributed by atoms with Gasteiger partial charge in [-0.3, -0.25) is 0 Å². The third-order valence-electron chi connectivity index (χ3n) is 13.4. The second-order valence-corrected chi connectivity index (χ2v) is 16.5. The van der Waals surface area contributed by atoms with E-state index in [0.29, 0.717) is 0 Å². The zero-order valence-corrected chi connectivity index (χ0v) is 33.1. The fourth-order valence-electron chi connectivity index (χ4n) is 11.3. The second-order valence-electron chi connectivity index (χ2n) is 16.5. The third kappa shape index (κ3) is 4.35. The molecule has 3 nitrogen and oxygen atoms in total. The van der Waals surface area contributed by atoms with Gasteiger partial charge in [0.25, 0.3) is 0 Å². The van der Waals surface area contributed by atoms with Gasteiger partial charge in [0.05, 0.1) is 11.1 Å². The summed E-state index contributed by atoms with van der Waals surface area (Å²) < 4.78 is 0. The fourth-order valence-corrected chi connectivity index (χ4v) is 11.3. The van der Waals surface area contributed by atoms with Crippen LogP contribution >= 0.6 is 0 Å². The summed E-state index contributed by atoms with van der Waals surface area (Å²) >= 11 is 0. The van der Waals surface area contributed by atoms with E-state index in [2.05, 4.69) is 234 Å². The van der Waals surface area contributed by atoms with Crippen LogP contribution in [0.3, 0.4) is 0 Å². The number of fused-ring (bicyclic) bond motifs is 13. The zero-order valence-electron chi connectivity index (χ0n) is 33.1. The first-order chi connectivity index (χ1) is 29.7. The van der Waals surface area contributed by atoms with Crippen LogP contribution in [0.1, 0.15) is 27.8 Å². The first kappa shape index (κ1) is 33.4. The number of hydrogen-bond acceptors (Lipinski definition) is 3. The molecule has 0 atom stereocenters. The molecule has 0 bridgehead atoms. The van der Waals surface area contributed by atoms with Crippen LogP contribution < -0.4 is 25.5 Å². The highest BCUT2D eigenvalue weighted by Gasteiger charge is 2.55. The maximum absolute atomic E-state index is 2.62. The Morgan fingerprint density at radius 2 is 1.00 bits per heavy atom. The molecule has 3 heterocycles. The van der Waals surface area contributed by atoms with Crippen molar-refractivity contribution < 1.29 is 0 Å². The molecule has 1 aliphatic carbocycles. The molecule has 13 rings (SSSR count). The van der Waals surface area contributed by atoms with Crippen molar-refractivity contribution >= 4 is 63.3 Å². The summed E-state index contributed by atoms with van der Waals surface area (Å²) in [6.45, 7) is 2.19. The number of rotatable bonds is 4. The Balaban J connectivity index is 1.12. The van der Waals surface area contributed by atoms with Gasteiger partial charge in [-0.05, 0) is 129 Å². The second kappa shape index (κ2) is 12.5. The van der Waals surface area contributed by atoms with Crippen molar-refractivity contribution in [2.75, 3.05) is 14.6 Å². The van der Waals surface area contributed by atoms with E-state index in [4.69, 9.17) is 0 Å². The quantitative estimate of drug-likeness (QED) is 0.165. The summed E-state index contributed by atoms with van der Waals surface area (Å²) in [4.78, 5) is 7.61. The van der Waals surface area contributed by atoms with Gasteiger partial charge in [-0.2, -0.15) is 0 Å². The predicted octanol–water partition coefficient (Wildman–Crippen LogP) is 12.8. The molecule has 0 amide bonds. The highest BCUT2D eigenvalue weighted by atomic mass is 15.2. The van der Waals surface area contributed by atoms with Gasteiger partial charge in [0.2, 0.25) is 0 Å². The molecule has 0 fully saturated rings. The molecule has 1 spiro atoms. The van der Waals surface area contributed by atoms with Gasteiger partial charge in [-0.15, -0.1) is 0 Å². The van der Waals surface area contributed by atoms with Crippen LogP contribution in [-0.4, -0.2) is 6.85 Å². The molecule has 0 saturated carbocycles. The lowest BCUT2D eigenvalue weighted by molar-refractivity contribution is 0.753. The summed E-state index contributed by atoms with van der Waals surface area (Å²) in [6, 6.07) is 79.0. The van der Waals surface area contributed by atoms with E-state index < -0.39 is 5.41 Å². The summed E-state index contributed by atoms with van der Waals surface area (Å²) in [5.41, 5.74) is 23.4. The van der Waals surface area contributed by atoms with Gasteiger partial charge in [0.1, 0.15) is 0 Å². The van der Waals surface area contributed by atoms with Gasteiger partial charge >= 0.3 is 6.85 Å². The molecule has 0 aromatic heterocycles. The van der Waals surface area contributed by atoms with Crippen LogP contribution in [0.2, 0.25) is 0 Å². The Hall–Kier alpha value is -7.56. The molecule has 0 radical (unpaired) electrons. The Labute approximate surface area is 351 Å². The van der Waals surface area contributed by atoms with E-state index >= 15 is 0 Å². The number of hydrogen-bond donors (Lipinski definition) is 0. The Morgan fingerprint density at radius 1 is 0.417 bits per heavy atom. The van der Waals surface area contributed by atoms with Crippen LogP contribution in [0.15, 0.2) is 212 Å². The predicted molar refractivity (Wildman–Crippen MR) is 250 cm³/mol. The normalized spacial score (nSPS) is 14.1. The summed E-state index contributed by atoms with van der Waals surface area (Å²) in [7, 11) is 0. The SMILES string of the molecule is Cc1cc2c3c(c1)N1c4ccccc4C4(c5ccccc5-c5ccccc54)c4cccc(c41)B3N(c1ccccc1)c1ccc(N(c3ccccc3)c3ccccc3)cc1-2. The first-order valence-corrected chi connectivity index (χ1v) is 21.0. The highest BCUT2D eigenvalue weighted by Crippen LogP contribution is 2.64. The van der Waals surface area contributed by atoms with Crippen molar-refractivity contribution in [3.05, 3.63) is 240 Å². The molecule has 0 unspecified atom stereocenters. The van der Waals surface area contributed by atoms with Crippen molar-refractivity contribution in [3.63, 3.8) is 0 Å². The molecular formula is C56H38BN3. The minimum Gasteiger partial charge on any atom is -0.376 e. The Bertz CT molecular complexity index is 3110. The molecule has 280 valence electrons. The number of anilines is 8. The smallest absolute Gasteiger partial charge is 0.333 e. The van der Waals surface area contributed by atoms with Gasteiger partial charge in [0.15, 0.2) is 0 Å². The van der Waals surface area contributed by atoms with Gasteiger partial charge in [0, 0.05) is 45.4 Å². The van der Waals surface area contributed by atoms with Gasteiger partial charge in [-0.25, -0.2) is 0 Å². The lowest BCUT2D eigenvalue weighted by Gasteiger charge is -2.51. The van der Waals surface area contributed by atoms with Crippen molar-refractivity contribution in [1.29, 1.82) is 0 Å². The summed E-state index contributed by atoms with van der Waals surface area (Å²) in [5, 5.41) is 0. The van der Waals surface area contributed by atoms with Gasteiger partial charge < -0.3 is 14.6 Å². The Kier molecular flexibility index (Phi) is 6.95. The highest BCUT2D eigenvalue weighted by molar-refractivity contribution is 6.93. The molecule has 9 aromatic rings. The lowest BCUT2D eigenvalue weighted by Crippen LogP contribution is -2.62. The van der Waals surface area contributed by atoms with E-state index in [0.717, 1.165) is 17.1 Å². The number of aryl methyl sites for hydroxylation is 1. The minimum absolute atomic E-state index is 0.0731. The van der Waals surface area contributed by atoms with Crippen molar-refractivity contribution in [2.24, 2.45) is 0 Å². The summed E-state index contributed by atoms with van der Waals surface area (Å²) in [5.74, 6) is 0. The van der Waals surface area contributed by atoms with Crippen LogP contribution in [0, 0.1) is 6.92 Å². The van der Waals surface area contributed by atoms with Crippen LogP contribution in [0.4, 0.5) is 45.5 Å². The van der Waals surface area contributed by atoms with Crippen molar-refractivity contribution in [2.45, 2.75) is 12.3 Å². The molecular weight excluding hydrogens is 725 g/mol. The summed E-state index contributed by atoms with van der Waals surface area (Å²) in [6.07, 6.45) is 0. The lowest BCUT2D eigenvalue weighted by atomic mass is 9.42. The first-order valence-electron chi connectivity index (χ1n) is 21.0. The molecule has 3 aliphatic heterocycles. The largest absolute Gasteiger partial charge is 0.376 e. The topological polar surface area (TPSA) is 9.72 Å². The van der Waals surface area contributed by atoms with Crippen molar-refractivity contribution in [1.82, 2.24) is 0 Å². The van der Waals surface area contributed by atoms with Gasteiger partial charge in [-0.1, -0.05) is 146 Å². The Morgan fingerprint density at radius 3 is 1.68 bits per heavy atom. The van der Waals surface area contributed by atoms with E-state index in [1.54, 1.807) is 0 Å². The molecule has 4 heteroatoms. The molecule has 9 aromatic carbocycles. The van der Waals surface area contributed by atoms with Crippen LogP contribution in [0.25, 0.3) is 22.3 Å². The standard InChI is InChI=1S/C56H38BN3/c1-37-34-45-44-36-41(58(38-18-5-2-6-19-38)39-20-7-3-8-21-39)32-33-51(44)60(40-22-9-4-10-23-40)57-50-30-17-29-49-55(50)59(53(35-37)54(45)57)52-31-16-15-28-48(52)56(49)46-26-13-11-24-42(46)43-25-12-14-27-47(43)56/h2-36H,1H3. The third-order valence-corrected chi connectivity index (χ3v) is 13.4. The number of para-hydroxylation sites is 5. The molecule has 4 aliphatic rings. The van der Waals surface area contributed by atoms with Crippen LogP contribution in [0.5, 0.6) is 0 Å². The maximum atomic E-state index is 2.62. The van der Waals surface area contributed by atoms with E-state index in [1.807, 2.05) is 0 Å². The minimum atomic E-state index is -0.479. The maximum Gasteiger partial charge on any atom is 0.333 e. The zero-order chi connectivity index (χ0) is 39.5. The van der Waals surface area contributed by atoms with Crippen molar-refractivity contribution in [3.8, 4) is 22.3 Å². The molecule has 60 heavy (non-hydrogen) atoms. The monoisotopic (exact) mass is 763 g/mol. The number of nitrogens with zero attached hydrogens (tertiary/aromatic N) is 3. The fraction of sp³-hybridized carbons (Fsp3) is 0.0357. The molecule has 0 saturated heterocycles. The average molecular weight is 764 g/mol.